The van der Waals surface area contributed by atoms with Crippen molar-refractivity contribution in [2.45, 2.75) is 46.0 Å². The van der Waals surface area contributed by atoms with Crippen LogP contribution in [-0.4, -0.2) is 21.5 Å². The second kappa shape index (κ2) is 8.94. The first-order valence-electron chi connectivity index (χ1n) is 11.0. The molecule has 1 aliphatic rings. The van der Waals surface area contributed by atoms with Crippen molar-refractivity contribution in [3.8, 4) is 11.1 Å². The van der Waals surface area contributed by atoms with E-state index in [9.17, 15) is 14.4 Å². The van der Waals surface area contributed by atoms with Crippen LogP contribution in [0.2, 0.25) is 0 Å². The standard InChI is InChI=1S/C25H28N4O3/c1-15-9-10-19(27-25(32)28-23(30)17-7-5-4-6-8-17)13-20(15)21-12-18-14-26-16(2)11-22(18)29(3)24(21)31/h9-14,17H,4-8H2,1-3H3,(H2,27,28,30,32). The van der Waals surface area contributed by atoms with E-state index >= 15 is 0 Å². The van der Waals surface area contributed by atoms with Crippen molar-refractivity contribution in [1.29, 1.82) is 0 Å². The minimum atomic E-state index is -0.554. The van der Waals surface area contributed by atoms with Gasteiger partial charge in [-0.15, -0.1) is 0 Å². The number of fused-ring (bicyclic) bond motifs is 1. The quantitative estimate of drug-likeness (QED) is 0.640. The van der Waals surface area contributed by atoms with Crippen molar-refractivity contribution in [2.75, 3.05) is 5.32 Å². The Bertz CT molecular complexity index is 1260. The zero-order valence-corrected chi connectivity index (χ0v) is 18.7. The summed E-state index contributed by atoms with van der Waals surface area (Å²) >= 11 is 0. The van der Waals surface area contributed by atoms with Gasteiger partial charge in [-0.1, -0.05) is 25.3 Å². The van der Waals surface area contributed by atoms with E-state index in [0.29, 0.717) is 11.3 Å². The number of rotatable bonds is 3. The maximum atomic E-state index is 13.1. The van der Waals surface area contributed by atoms with Crippen LogP contribution in [0.5, 0.6) is 0 Å². The summed E-state index contributed by atoms with van der Waals surface area (Å²) in [5, 5.41) is 6.06. The lowest BCUT2D eigenvalue weighted by molar-refractivity contribution is -0.124. The molecule has 1 aromatic carbocycles. The molecule has 32 heavy (non-hydrogen) atoms. The molecule has 0 unspecified atom stereocenters. The largest absolute Gasteiger partial charge is 0.325 e. The first kappa shape index (κ1) is 21.7. The summed E-state index contributed by atoms with van der Waals surface area (Å²) in [6, 6.07) is 8.55. The van der Waals surface area contributed by atoms with Gasteiger partial charge in [0.05, 0.1) is 5.52 Å². The molecule has 0 radical (unpaired) electrons. The number of imide groups is 1. The Hall–Kier alpha value is -3.48. The van der Waals surface area contributed by atoms with Gasteiger partial charge in [-0.25, -0.2) is 4.79 Å². The van der Waals surface area contributed by atoms with E-state index in [-0.39, 0.29) is 17.4 Å². The molecule has 1 saturated carbocycles. The van der Waals surface area contributed by atoms with Crippen LogP contribution in [0.15, 0.2) is 41.3 Å². The molecule has 1 fully saturated rings. The predicted molar refractivity (Wildman–Crippen MR) is 126 cm³/mol. The highest BCUT2D eigenvalue weighted by atomic mass is 16.2. The SMILES string of the molecule is Cc1cc2c(cn1)cc(-c1cc(NC(=O)NC(=O)C3CCCCC3)ccc1C)c(=O)n2C. The van der Waals surface area contributed by atoms with E-state index in [1.165, 1.54) is 0 Å². The van der Waals surface area contributed by atoms with E-state index in [1.807, 2.05) is 32.0 Å². The minimum absolute atomic E-state index is 0.0963. The molecule has 3 amide bonds. The fraction of sp³-hybridized carbons (Fsp3) is 0.360. The third kappa shape index (κ3) is 4.42. The van der Waals surface area contributed by atoms with Gasteiger partial charge in [-0.2, -0.15) is 0 Å². The molecule has 7 nitrogen and oxygen atoms in total. The maximum absolute atomic E-state index is 13.1. The fourth-order valence-electron chi connectivity index (χ4n) is 4.39. The molecule has 2 aromatic heterocycles. The number of hydrogen-bond acceptors (Lipinski definition) is 4. The Morgan fingerprint density at radius 3 is 2.53 bits per heavy atom. The number of anilines is 1. The van der Waals surface area contributed by atoms with Gasteiger partial charge in [-0.3, -0.25) is 19.9 Å². The van der Waals surface area contributed by atoms with E-state index in [0.717, 1.165) is 59.8 Å². The van der Waals surface area contributed by atoms with E-state index in [1.54, 1.807) is 29.9 Å². The molecule has 166 valence electrons. The molecule has 7 heteroatoms. The zero-order valence-electron chi connectivity index (χ0n) is 18.7. The molecule has 1 aliphatic carbocycles. The van der Waals surface area contributed by atoms with Gasteiger partial charge >= 0.3 is 6.03 Å². The van der Waals surface area contributed by atoms with Gasteiger partial charge in [0.1, 0.15) is 0 Å². The molecule has 0 bridgehead atoms. The number of benzene rings is 1. The number of pyridine rings is 2. The molecule has 0 saturated heterocycles. The van der Waals surface area contributed by atoms with Gasteiger partial charge in [-0.05, 0) is 62.1 Å². The van der Waals surface area contributed by atoms with Crippen molar-refractivity contribution >= 4 is 28.5 Å². The van der Waals surface area contributed by atoms with Crippen molar-refractivity contribution in [3.05, 3.63) is 58.1 Å². The lowest BCUT2D eigenvalue weighted by Crippen LogP contribution is -2.39. The van der Waals surface area contributed by atoms with Gasteiger partial charge in [0, 0.05) is 41.5 Å². The molecule has 0 aliphatic heterocycles. The summed E-state index contributed by atoms with van der Waals surface area (Å²) in [4.78, 5) is 42.2. The Labute approximate surface area is 186 Å². The lowest BCUT2D eigenvalue weighted by Gasteiger charge is -2.20. The normalized spacial score (nSPS) is 14.3. The van der Waals surface area contributed by atoms with Crippen LogP contribution in [0, 0.1) is 19.8 Å². The van der Waals surface area contributed by atoms with Crippen molar-refractivity contribution in [3.63, 3.8) is 0 Å². The lowest BCUT2D eigenvalue weighted by atomic mass is 9.89. The second-order valence-electron chi connectivity index (χ2n) is 8.61. The second-order valence-corrected chi connectivity index (χ2v) is 8.61. The van der Waals surface area contributed by atoms with Gasteiger partial charge in [0.25, 0.3) is 5.56 Å². The molecule has 0 spiro atoms. The average molecular weight is 433 g/mol. The summed E-state index contributed by atoms with van der Waals surface area (Å²) in [5.74, 6) is -0.318. The van der Waals surface area contributed by atoms with Crippen LogP contribution >= 0.6 is 0 Å². The Morgan fingerprint density at radius 2 is 1.78 bits per heavy atom. The first-order valence-corrected chi connectivity index (χ1v) is 11.0. The summed E-state index contributed by atoms with van der Waals surface area (Å²) in [7, 11) is 1.75. The monoisotopic (exact) mass is 432 g/mol. The number of nitrogens with one attached hydrogen (secondary N) is 2. The highest BCUT2D eigenvalue weighted by Gasteiger charge is 2.22. The predicted octanol–water partition coefficient (Wildman–Crippen LogP) is 4.45. The number of urea groups is 1. The van der Waals surface area contributed by atoms with Crippen molar-refractivity contribution in [1.82, 2.24) is 14.9 Å². The van der Waals surface area contributed by atoms with Gasteiger partial charge in [0.2, 0.25) is 5.91 Å². The Morgan fingerprint density at radius 1 is 1.03 bits per heavy atom. The third-order valence-electron chi connectivity index (χ3n) is 6.24. The number of carbonyl (C=O) groups is 2. The van der Waals surface area contributed by atoms with Crippen LogP contribution in [0.25, 0.3) is 22.0 Å². The molecule has 4 rings (SSSR count). The number of aromatic nitrogens is 2. The van der Waals surface area contributed by atoms with Gasteiger partial charge in [0.15, 0.2) is 0 Å². The van der Waals surface area contributed by atoms with Crippen LogP contribution in [0.4, 0.5) is 10.5 Å². The molecular weight excluding hydrogens is 404 g/mol. The molecule has 2 heterocycles. The topological polar surface area (TPSA) is 93.1 Å². The molecule has 3 aromatic rings. The zero-order chi connectivity index (χ0) is 22.8. The summed E-state index contributed by atoms with van der Waals surface area (Å²) in [5.41, 5.74) is 4.22. The summed E-state index contributed by atoms with van der Waals surface area (Å²) in [6.45, 7) is 3.81. The molecule has 2 N–H and O–H groups in total. The smallest absolute Gasteiger partial charge is 0.311 e. The summed E-state index contributed by atoms with van der Waals surface area (Å²) < 4.78 is 1.62. The van der Waals surface area contributed by atoms with E-state index in [4.69, 9.17) is 0 Å². The average Bonchev–Trinajstić information content (AvgIpc) is 2.78. The number of hydrogen-bond donors (Lipinski definition) is 2. The summed E-state index contributed by atoms with van der Waals surface area (Å²) in [6.07, 6.45) is 6.61. The van der Waals surface area contributed by atoms with Crippen LogP contribution in [0.3, 0.4) is 0 Å². The van der Waals surface area contributed by atoms with E-state index < -0.39 is 6.03 Å². The Kier molecular flexibility index (Phi) is 6.08. The fourth-order valence-corrected chi connectivity index (χ4v) is 4.39. The number of nitrogens with zero attached hydrogens (tertiary/aromatic N) is 2. The molecular formula is C25H28N4O3. The highest BCUT2D eigenvalue weighted by Crippen LogP contribution is 2.27. The molecule has 0 atom stereocenters. The third-order valence-corrected chi connectivity index (χ3v) is 6.24. The minimum Gasteiger partial charge on any atom is -0.311 e. The van der Waals surface area contributed by atoms with Crippen molar-refractivity contribution in [2.24, 2.45) is 13.0 Å². The Balaban J connectivity index is 1.60. The number of carbonyl (C=O) groups excluding carboxylic acids is 2. The van der Waals surface area contributed by atoms with Crippen molar-refractivity contribution < 1.29 is 9.59 Å². The van der Waals surface area contributed by atoms with E-state index in [2.05, 4.69) is 15.6 Å². The maximum Gasteiger partial charge on any atom is 0.325 e. The first-order chi connectivity index (χ1) is 15.3. The number of amides is 3. The van der Waals surface area contributed by atoms with Gasteiger partial charge < -0.3 is 9.88 Å². The van der Waals surface area contributed by atoms with Crippen LogP contribution < -0.4 is 16.2 Å². The number of aryl methyl sites for hydroxylation is 3. The van der Waals surface area contributed by atoms with Crippen LogP contribution in [-0.2, 0) is 11.8 Å². The highest BCUT2D eigenvalue weighted by molar-refractivity contribution is 6.02. The van der Waals surface area contributed by atoms with Crippen LogP contribution in [0.1, 0.15) is 43.4 Å².